The maximum Gasteiger partial charge on any atom is 0.244 e. The molecular weight excluding hydrogens is 252 g/mol. The third kappa shape index (κ3) is 2.88. The fraction of sp³-hybridized carbons (Fsp3) is 0.533. The van der Waals surface area contributed by atoms with Crippen LogP contribution in [0.3, 0.4) is 0 Å². The normalized spacial score (nSPS) is 19.8. The Labute approximate surface area is 118 Å². The first-order chi connectivity index (χ1) is 9.72. The monoisotopic (exact) mass is 272 g/mol. The van der Waals surface area contributed by atoms with E-state index in [0.717, 1.165) is 29.9 Å². The molecule has 3 rings (SSSR count). The van der Waals surface area contributed by atoms with Crippen LogP contribution in [0.2, 0.25) is 0 Å². The Kier molecular flexibility index (Phi) is 3.78. The summed E-state index contributed by atoms with van der Waals surface area (Å²) in [6.07, 6.45) is 4.77. The van der Waals surface area contributed by atoms with Crippen molar-refractivity contribution < 1.29 is 4.52 Å². The molecule has 0 amide bonds. The Bertz CT molecular complexity index is 565. The lowest BCUT2D eigenvalue weighted by molar-refractivity contribution is 0.327. The first kappa shape index (κ1) is 13.2. The predicted molar refractivity (Wildman–Crippen MR) is 76.2 cm³/mol. The summed E-state index contributed by atoms with van der Waals surface area (Å²) >= 11 is 0. The Balaban J connectivity index is 1.85. The van der Waals surface area contributed by atoms with E-state index in [1.54, 1.807) is 0 Å². The molecule has 1 aliphatic heterocycles. The molecule has 0 spiro atoms. The number of rotatable bonds is 2. The lowest BCUT2D eigenvalue weighted by Crippen LogP contribution is -2.20. The van der Waals surface area contributed by atoms with Gasteiger partial charge in [0.1, 0.15) is 0 Å². The molecule has 5 heteroatoms. The lowest BCUT2D eigenvalue weighted by Gasteiger charge is -2.09. The summed E-state index contributed by atoms with van der Waals surface area (Å²) < 4.78 is 5.45. The molecule has 20 heavy (non-hydrogen) atoms. The molecule has 1 unspecified atom stereocenters. The van der Waals surface area contributed by atoms with Gasteiger partial charge in [-0.25, -0.2) is 0 Å². The summed E-state index contributed by atoms with van der Waals surface area (Å²) in [5, 5.41) is 7.60. The van der Waals surface area contributed by atoms with E-state index < -0.39 is 0 Å². The summed E-state index contributed by atoms with van der Waals surface area (Å²) in [6.45, 7) is 4.98. The van der Waals surface area contributed by atoms with Gasteiger partial charge in [-0.15, -0.1) is 0 Å². The van der Waals surface area contributed by atoms with E-state index in [2.05, 4.69) is 20.4 Å². The largest absolute Gasteiger partial charge is 0.337 e. The maximum absolute atomic E-state index is 5.45. The highest BCUT2D eigenvalue weighted by molar-refractivity contribution is 5.55. The molecule has 1 aliphatic rings. The van der Waals surface area contributed by atoms with E-state index in [9.17, 15) is 0 Å². The van der Waals surface area contributed by atoms with Gasteiger partial charge in [0.25, 0.3) is 0 Å². The van der Waals surface area contributed by atoms with E-state index >= 15 is 0 Å². The molecule has 2 aromatic rings. The van der Waals surface area contributed by atoms with Crippen molar-refractivity contribution in [3.05, 3.63) is 29.4 Å². The van der Waals surface area contributed by atoms with Crippen molar-refractivity contribution in [3.8, 4) is 11.4 Å². The van der Waals surface area contributed by atoms with Gasteiger partial charge in [0.15, 0.2) is 0 Å². The number of aromatic nitrogens is 3. The van der Waals surface area contributed by atoms with Gasteiger partial charge >= 0.3 is 0 Å². The van der Waals surface area contributed by atoms with Gasteiger partial charge in [0, 0.05) is 17.0 Å². The summed E-state index contributed by atoms with van der Waals surface area (Å²) in [5.41, 5.74) is 2.91. The minimum Gasteiger partial charge on any atom is -0.337 e. The molecule has 1 N–H and O–H groups in total. The van der Waals surface area contributed by atoms with E-state index in [-0.39, 0.29) is 6.04 Å². The van der Waals surface area contributed by atoms with Crippen LogP contribution in [-0.4, -0.2) is 21.7 Å². The minimum absolute atomic E-state index is 0.197. The molecule has 0 radical (unpaired) electrons. The first-order valence-electron chi connectivity index (χ1n) is 7.25. The van der Waals surface area contributed by atoms with Gasteiger partial charge in [-0.05, 0) is 45.4 Å². The Morgan fingerprint density at radius 2 is 1.90 bits per heavy atom. The van der Waals surface area contributed by atoms with E-state index in [4.69, 9.17) is 4.52 Å². The molecule has 2 aromatic heterocycles. The number of nitrogens with zero attached hydrogens (tertiary/aromatic N) is 3. The van der Waals surface area contributed by atoms with Crippen molar-refractivity contribution in [2.75, 3.05) is 6.54 Å². The number of nitrogens with one attached hydrogen (secondary N) is 1. The van der Waals surface area contributed by atoms with Crippen molar-refractivity contribution >= 4 is 0 Å². The standard InChI is InChI=1S/C15H20N4O/c1-10-8-12(9-11(2)17-10)14-18-15(20-19-14)13-6-4-3-5-7-16-13/h8-9,13,16H,3-7H2,1-2H3. The summed E-state index contributed by atoms with van der Waals surface area (Å²) in [6, 6.07) is 4.17. The second kappa shape index (κ2) is 5.71. The molecule has 1 fully saturated rings. The molecule has 0 saturated carbocycles. The first-order valence-corrected chi connectivity index (χ1v) is 7.25. The fourth-order valence-corrected chi connectivity index (χ4v) is 2.70. The van der Waals surface area contributed by atoms with E-state index in [1.807, 2.05) is 26.0 Å². The van der Waals surface area contributed by atoms with Crippen molar-refractivity contribution in [1.29, 1.82) is 0 Å². The smallest absolute Gasteiger partial charge is 0.244 e. The van der Waals surface area contributed by atoms with Crippen LogP contribution in [0.5, 0.6) is 0 Å². The van der Waals surface area contributed by atoms with Crippen molar-refractivity contribution in [1.82, 2.24) is 20.4 Å². The SMILES string of the molecule is Cc1cc(-c2noc(C3CCCCCN3)n2)cc(C)n1. The minimum atomic E-state index is 0.197. The van der Waals surface area contributed by atoms with Gasteiger partial charge in [-0.3, -0.25) is 4.98 Å². The molecule has 0 bridgehead atoms. The highest BCUT2D eigenvalue weighted by atomic mass is 16.5. The van der Waals surface area contributed by atoms with Crippen LogP contribution in [0, 0.1) is 13.8 Å². The maximum atomic E-state index is 5.45. The average molecular weight is 272 g/mol. The van der Waals surface area contributed by atoms with Gasteiger partial charge in [0.2, 0.25) is 11.7 Å². The van der Waals surface area contributed by atoms with Gasteiger partial charge in [-0.1, -0.05) is 18.0 Å². The molecule has 106 valence electrons. The van der Waals surface area contributed by atoms with Crippen LogP contribution in [0.15, 0.2) is 16.7 Å². The summed E-state index contributed by atoms with van der Waals surface area (Å²) in [7, 11) is 0. The lowest BCUT2D eigenvalue weighted by atomic mass is 10.1. The van der Waals surface area contributed by atoms with Crippen LogP contribution in [0.4, 0.5) is 0 Å². The molecular formula is C15H20N4O. The molecule has 1 saturated heterocycles. The van der Waals surface area contributed by atoms with Gasteiger partial charge in [0.05, 0.1) is 6.04 Å². The molecule has 5 nitrogen and oxygen atoms in total. The average Bonchev–Trinajstić information content (AvgIpc) is 2.74. The van der Waals surface area contributed by atoms with Crippen LogP contribution in [0.1, 0.15) is 49.0 Å². The highest BCUT2D eigenvalue weighted by Crippen LogP contribution is 2.24. The van der Waals surface area contributed by atoms with Crippen LogP contribution < -0.4 is 5.32 Å². The highest BCUT2D eigenvalue weighted by Gasteiger charge is 2.20. The molecule has 0 aliphatic carbocycles. The Morgan fingerprint density at radius 1 is 1.10 bits per heavy atom. The second-order valence-corrected chi connectivity index (χ2v) is 5.45. The zero-order valence-electron chi connectivity index (χ0n) is 12.0. The zero-order chi connectivity index (χ0) is 13.9. The summed E-state index contributed by atoms with van der Waals surface area (Å²) in [4.78, 5) is 8.93. The number of pyridine rings is 1. The number of hydrogen-bond acceptors (Lipinski definition) is 5. The summed E-state index contributed by atoms with van der Waals surface area (Å²) in [5.74, 6) is 1.36. The third-order valence-electron chi connectivity index (χ3n) is 3.64. The van der Waals surface area contributed by atoms with Gasteiger partial charge in [-0.2, -0.15) is 4.98 Å². The fourth-order valence-electron chi connectivity index (χ4n) is 2.70. The van der Waals surface area contributed by atoms with E-state index in [1.165, 1.54) is 19.3 Å². The predicted octanol–water partition coefficient (Wildman–Crippen LogP) is 2.95. The molecule has 3 heterocycles. The Hall–Kier alpha value is -1.75. The van der Waals surface area contributed by atoms with Crippen LogP contribution in [-0.2, 0) is 0 Å². The molecule has 1 atom stereocenters. The van der Waals surface area contributed by atoms with Crippen LogP contribution in [0.25, 0.3) is 11.4 Å². The van der Waals surface area contributed by atoms with Crippen molar-refractivity contribution in [2.24, 2.45) is 0 Å². The number of aryl methyl sites for hydroxylation is 2. The zero-order valence-corrected chi connectivity index (χ0v) is 12.0. The quantitative estimate of drug-likeness (QED) is 0.910. The molecule has 0 aromatic carbocycles. The van der Waals surface area contributed by atoms with Crippen LogP contribution >= 0.6 is 0 Å². The van der Waals surface area contributed by atoms with E-state index in [0.29, 0.717) is 11.7 Å². The second-order valence-electron chi connectivity index (χ2n) is 5.45. The number of hydrogen-bond donors (Lipinski definition) is 1. The topological polar surface area (TPSA) is 63.8 Å². The van der Waals surface area contributed by atoms with Crippen molar-refractivity contribution in [2.45, 2.75) is 45.6 Å². The van der Waals surface area contributed by atoms with Gasteiger partial charge < -0.3 is 9.84 Å². The third-order valence-corrected chi connectivity index (χ3v) is 3.64. The van der Waals surface area contributed by atoms with Crippen molar-refractivity contribution in [3.63, 3.8) is 0 Å². The Morgan fingerprint density at radius 3 is 2.70 bits per heavy atom.